The van der Waals surface area contributed by atoms with Crippen LogP contribution in [-0.2, 0) is 7.05 Å². The molecule has 0 radical (unpaired) electrons. The lowest BCUT2D eigenvalue weighted by atomic mass is 9.82. The molecule has 4 nitrogen and oxygen atoms in total. The van der Waals surface area contributed by atoms with E-state index in [0.717, 1.165) is 30.5 Å². The van der Waals surface area contributed by atoms with Crippen LogP contribution in [0.15, 0.2) is 18.5 Å². The summed E-state index contributed by atoms with van der Waals surface area (Å²) < 4.78 is 2.02. The number of fused-ring (bicyclic) bond motifs is 1. The van der Waals surface area contributed by atoms with E-state index in [9.17, 15) is 4.79 Å². The normalized spacial score (nSPS) is 27.2. The van der Waals surface area contributed by atoms with Crippen molar-refractivity contribution in [2.24, 2.45) is 18.9 Å². The number of aromatic nitrogens is 1. The standard InChI is InChI=1S/C16H25N3O/c1-12(13-7-8-18(2)9-13)17-16(20)19-10-14-5-3-4-6-15(14)11-19/h7-9,12,14-15H,3-6,10-11H2,1-2H3,(H,17,20)/t12-,14+,15+/m0/s1. The van der Waals surface area contributed by atoms with Crippen LogP contribution in [0.25, 0.3) is 0 Å². The number of rotatable bonds is 2. The van der Waals surface area contributed by atoms with Crippen molar-refractivity contribution in [1.82, 2.24) is 14.8 Å². The van der Waals surface area contributed by atoms with Gasteiger partial charge < -0.3 is 14.8 Å². The molecule has 1 aromatic rings. The Balaban J connectivity index is 1.57. The van der Waals surface area contributed by atoms with Gasteiger partial charge in [-0.15, -0.1) is 0 Å². The maximum atomic E-state index is 12.4. The van der Waals surface area contributed by atoms with Gasteiger partial charge in [0.2, 0.25) is 0 Å². The zero-order valence-corrected chi connectivity index (χ0v) is 12.5. The molecule has 1 aromatic heterocycles. The third-order valence-corrected chi connectivity index (χ3v) is 4.96. The first-order chi connectivity index (χ1) is 9.63. The summed E-state index contributed by atoms with van der Waals surface area (Å²) in [5, 5.41) is 3.13. The molecule has 2 aliphatic rings. The highest BCUT2D eigenvalue weighted by molar-refractivity contribution is 5.75. The van der Waals surface area contributed by atoms with Gasteiger partial charge >= 0.3 is 6.03 Å². The number of amides is 2. The highest BCUT2D eigenvalue weighted by atomic mass is 16.2. The van der Waals surface area contributed by atoms with Crippen LogP contribution >= 0.6 is 0 Å². The summed E-state index contributed by atoms with van der Waals surface area (Å²) in [7, 11) is 2.00. The predicted molar refractivity (Wildman–Crippen MR) is 79.4 cm³/mol. The lowest BCUT2D eigenvalue weighted by Gasteiger charge is -2.22. The predicted octanol–water partition coefficient (Wildman–Crippen LogP) is 2.92. The molecule has 1 N–H and O–H groups in total. The molecule has 3 rings (SSSR count). The van der Waals surface area contributed by atoms with Crippen LogP contribution in [0.4, 0.5) is 4.79 Å². The van der Waals surface area contributed by atoms with Crippen molar-refractivity contribution in [2.75, 3.05) is 13.1 Å². The number of nitrogens with zero attached hydrogens (tertiary/aromatic N) is 2. The summed E-state index contributed by atoms with van der Waals surface area (Å²) in [5.74, 6) is 1.50. The fourth-order valence-corrected chi connectivity index (χ4v) is 3.71. The summed E-state index contributed by atoms with van der Waals surface area (Å²) in [4.78, 5) is 14.4. The third-order valence-electron chi connectivity index (χ3n) is 4.96. The van der Waals surface area contributed by atoms with E-state index in [1.54, 1.807) is 0 Å². The van der Waals surface area contributed by atoms with E-state index >= 15 is 0 Å². The van der Waals surface area contributed by atoms with Crippen LogP contribution < -0.4 is 5.32 Å². The van der Waals surface area contributed by atoms with E-state index < -0.39 is 0 Å². The number of urea groups is 1. The maximum Gasteiger partial charge on any atom is 0.317 e. The Bertz CT molecular complexity index is 468. The molecule has 20 heavy (non-hydrogen) atoms. The lowest BCUT2D eigenvalue weighted by Crippen LogP contribution is -2.39. The number of likely N-dealkylation sites (tertiary alicyclic amines) is 1. The van der Waals surface area contributed by atoms with Crippen LogP contribution in [0.3, 0.4) is 0 Å². The van der Waals surface area contributed by atoms with Gasteiger partial charge in [0.15, 0.2) is 0 Å². The smallest absolute Gasteiger partial charge is 0.317 e. The Morgan fingerprint density at radius 3 is 2.50 bits per heavy atom. The van der Waals surface area contributed by atoms with Gasteiger partial charge in [0.25, 0.3) is 0 Å². The van der Waals surface area contributed by atoms with Gasteiger partial charge in [-0.2, -0.15) is 0 Å². The molecule has 1 saturated heterocycles. The summed E-state index contributed by atoms with van der Waals surface area (Å²) in [6.45, 7) is 3.96. The average Bonchev–Trinajstić information content (AvgIpc) is 3.04. The Hall–Kier alpha value is -1.45. The molecule has 2 amide bonds. The van der Waals surface area contributed by atoms with Gasteiger partial charge in [-0.3, -0.25) is 0 Å². The molecule has 110 valence electrons. The second kappa shape index (κ2) is 5.51. The van der Waals surface area contributed by atoms with E-state index in [2.05, 4.69) is 24.5 Å². The van der Waals surface area contributed by atoms with E-state index in [4.69, 9.17) is 0 Å². The van der Waals surface area contributed by atoms with Crippen LogP contribution in [-0.4, -0.2) is 28.6 Å². The number of aryl methyl sites for hydroxylation is 1. The fraction of sp³-hybridized carbons (Fsp3) is 0.688. The molecule has 2 heterocycles. The molecule has 2 fully saturated rings. The quantitative estimate of drug-likeness (QED) is 0.885. The molecule has 4 heteroatoms. The number of hydrogen-bond acceptors (Lipinski definition) is 1. The Morgan fingerprint density at radius 2 is 1.95 bits per heavy atom. The Morgan fingerprint density at radius 1 is 1.30 bits per heavy atom. The van der Waals surface area contributed by atoms with Crippen LogP contribution in [0.1, 0.15) is 44.2 Å². The molecular weight excluding hydrogens is 250 g/mol. The van der Waals surface area contributed by atoms with E-state index in [-0.39, 0.29) is 12.1 Å². The van der Waals surface area contributed by atoms with E-state index in [1.165, 1.54) is 25.7 Å². The first-order valence-corrected chi connectivity index (χ1v) is 7.81. The van der Waals surface area contributed by atoms with Crippen molar-refractivity contribution in [2.45, 2.75) is 38.6 Å². The third kappa shape index (κ3) is 2.69. The Kier molecular flexibility index (Phi) is 3.72. The average molecular weight is 275 g/mol. The zero-order chi connectivity index (χ0) is 14.1. The van der Waals surface area contributed by atoms with Crippen molar-refractivity contribution in [3.8, 4) is 0 Å². The largest absolute Gasteiger partial charge is 0.357 e. The van der Waals surface area contributed by atoms with Crippen LogP contribution in [0.5, 0.6) is 0 Å². The van der Waals surface area contributed by atoms with E-state index in [1.807, 2.05) is 22.7 Å². The highest BCUT2D eigenvalue weighted by Crippen LogP contribution is 2.36. The minimum atomic E-state index is 0.0753. The van der Waals surface area contributed by atoms with Crippen LogP contribution in [0, 0.1) is 11.8 Å². The van der Waals surface area contributed by atoms with Crippen molar-refractivity contribution in [3.05, 3.63) is 24.0 Å². The lowest BCUT2D eigenvalue weighted by molar-refractivity contribution is 0.203. The second-order valence-electron chi connectivity index (χ2n) is 6.49. The summed E-state index contributed by atoms with van der Waals surface area (Å²) in [6, 6.07) is 2.25. The monoisotopic (exact) mass is 275 g/mol. The SMILES string of the molecule is C[C@H](NC(=O)N1C[C@H]2CCCC[C@@H]2C1)c1ccn(C)c1. The molecule has 0 unspecified atom stereocenters. The zero-order valence-electron chi connectivity index (χ0n) is 12.5. The molecule has 1 aliphatic carbocycles. The number of hydrogen-bond donors (Lipinski definition) is 1. The maximum absolute atomic E-state index is 12.4. The molecule has 0 aromatic carbocycles. The van der Waals surface area contributed by atoms with Crippen molar-refractivity contribution < 1.29 is 4.79 Å². The van der Waals surface area contributed by atoms with Gasteiger partial charge in [-0.25, -0.2) is 4.79 Å². The van der Waals surface area contributed by atoms with Gasteiger partial charge in [0, 0.05) is 32.5 Å². The van der Waals surface area contributed by atoms with Crippen molar-refractivity contribution in [3.63, 3.8) is 0 Å². The Labute approximate surface area is 121 Å². The molecule has 3 atom stereocenters. The topological polar surface area (TPSA) is 37.3 Å². The molecule has 0 bridgehead atoms. The first-order valence-electron chi connectivity index (χ1n) is 7.81. The number of carbonyl (C=O) groups excluding carboxylic acids is 1. The van der Waals surface area contributed by atoms with Crippen molar-refractivity contribution in [1.29, 1.82) is 0 Å². The molecule has 1 aliphatic heterocycles. The van der Waals surface area contributed by atoms with Gasteiger partial charge in [0.05, 0.1) is 6.04 Å². The summed E-state index contributed by atoms with van der Waals surface area (Å²) in [6.07, 6.45) is 9.39. The minimum absolute atomic E-state index is 0.0753. The van der Waals surface area contributed by atoms with Crippen molar-refractivity contribution >= 4 is 6.03 Å². The minimum Gasteiger partial charge on any atom is -0.357 e. The van der Waals surface area contributed by atoms with Gasteiger partial charge in [0.1, 0.15) is 0 Å². The highest BCUT2D eigenvalue weighted by Gasteiger charge is 2.36. The summed E-state index contributed by atoms with van der Waals surface area (Å²) in [5.41, 5.74) is 1.16. The number of carbonyl (C=O) groups is 1. The van der Waals surface area contributed by atoms with Crippen LogP contribution in [0.2, 0.25) is 0 Å². The second-order valence-corrected chi connectivity index (χ2v) is 6.49. The van der Waals surface area contributed by atoms with E-state index in [0.29, 0.717) is 0 Å². The first kappa shape index (κ1) is 13.5. The summed E-state index contributed by atoms with van der Waals surface area (Å²) >= 11 is 0. The van der Waals surface area contributed by atoms with Gasteiger partial charge in [-0.1, -0.05) is 12.8 Å². The number of nitrogens with one attached hydrogen (secondary N) is 1. The molecule has 1 saturated carbocycles. The fourth-order valence-electron chi connectivity index (χ4n) is 3.71. The van der Waals surface area contributed by atoms with Gasteiger partial charge in [-0.05, 0) is 43.2 Å². The molecule has 0 spiro atoms. The molecular formula is C16H25N3O.